The highest BCUT2D eigenvalue weighted by molar-refractivity contribution is 5.70. The lowest BCUT2D eigenvalue weighted by atomic mass is 10.2. The molecule has 150 valence electrons. The van der Waals surface area contributed by atoms with Gasteiger partial charge in [-0.1, -0.05) is 24.3 Å². The number of benzene rings is 1. The lowest BCUT2D eigenvalue weighted by Crippen LogP contribution is -2.39. The molecule has 0 aromatic heterocycles. The van der Waals surface area contributed by atoms with Gasteiger partial charge >= 0.3 is 12.2 Å². The summed E-state index contributed by atoms with van der Waals surface area (Å²) in [5, 5.41) is 0.819. The second kappa shape index (κ2) is 9.30. The molecular formula is C20H29NO6. The van der Waals surface area contributed by atoms with E-state index in [1.165, 1.54) is 0 Å². The number of hydrogen-bond donors (Lipinski definition) is 0. The van der Waals surface area contributed by atoms with Gasteiger partial charge in [-0.15, -0.1) is 5.06 Å². The Hall–Kier alpha value is -2.70. The van der Waals surface area contributed by atoms with Crippen LogP contribution in [-0.2, 0) is 14.3 Å². The first kappa shape index (κ1) is 22.3. The van der Waals surface area contributed by atoms with E-state index < -0.39 is 23.5 Å². The zero-order valence-electron chi connectivity index (χ0n) is 17.1. The number of hydrogen-bond acceptors (Lipinski definition) is 6. The fraction of sp³-hybridized carbons (Fsp3) is 0.500. The minimum atomic E-state index is -0.980. The third kappa shape index (κ3) is 9.53. The van der Waals surface area contributed by atoms with Crippen molar-refractivity contribution in [2.75, 3.05) is 13.7 Å². The van der Waals surface area contributed by atoms with E-state index >= 15 is 0 Å². The first-order valence-electron chi connectivity index (χ1n) is 8.62. The first-order valence-corrected chi connectivity index (χ1v) is 8.62. The van der Waals surface area contributed by atoms with E-state index in [2.05, 4.69) is 0 Å². The van der Waals surface area contributed by atoms with Gasteiger partial charge in [0.15, 0.2) is 0 Å². The van der Waals surface area contributed by atoms with Crippen molar-refractivity contribution in [3.63, 3.8) is 0 Å². The van der Waals surface area contributed by atoms with Crippen LogP contribution < -0.4 is 4.74 Å². The van der Waals surface area contributed by atoms with Crippen molar-refractivity contribution in [2.24, 2.45) is 0 Å². The molecule has 7 heteroatoms. The molecule has 0 saturated heterocycles. The summed E-state index contributed by atoms with van der Waals surface area (Å²) in [6.07, 6.45) is 1.70. The second-order valence-electron chi connectivity index (χ2n) is 7.77. The summed E-state index contributed by atoms with van der Waals surface area (Å²) in [5.41, 5.74) is -0.570. The minimum Gasteiger partial charge on any atom is -0.497 e. The standard InChI is InChI=1S/C20H29NO6/c1-19(2,3)25-17(22)21(27-18(23)26-20(4,5)6)14-8-9-15-10-12-16(24-7)13-11-15/h8-13H,14H2,1-7H3/b9-8+. The third-order valence-electron chi connectivity index (χ3n) is 2.87. The molecule has 0 N–H and O–H groups in total. The van der Waals surface area contributed by atoms with Crippen molar-refractivity contribution >= 4 is 18.3 Å². The summed E-state index contributed by atoms with van der Waals surface area (Å²) in [5.74, 6) is 0.746. The van der Waals surface area contributed by atoms with E-state index in [1.54, 1.807) is 60.8 Å². The van der Waals surface area contributed by atoms with Crippen molar-refractivity contribution in [3.8, 4) is 5.75 Å². The Labute approximate surface area is 160 Å². The molecule has 1 aromatic rings. The van der Waals surface area contributed by atoms with Gasteiger partial charge in [-0.25, -0.2) is 9.59 Å². The van der Waals surface area contributed by atoms with Gasteiger partial charge in [0.2, 0.25) is 0 Å². The SMILES string of the molecule is COc1ccc(/C=C/CN(OC(=O)OC(C)(C)C)C(=O)OC(C)(C)C)cc1. The van der Waals surface area contributed by atoms with Crippen molar-refractivity contribution in [3.05, 3.63) is 35.9 Å². The summed E-state index contributed by atoms with van der Waals surface area (Å²) in [6.45, 7) is 10.3. The molecule has 0 aliphatic carbocycles. The number of rotatable bonds is 4. The fourth-order valence-electron chi connectivity index (χ4n) is 1.82. The van der Waals surface area contributed by atoms with E-state index in [4.69, 9.17) is 19.0 Å². The average Bonchev–Trinajstić information content (AvgIpc) is 2.51. The highest BCUT2D eigenvalue weighted by Gasteiger charge is 2.27. The van der Waals surface area contributed by atoms with Crippen LogP contribution in [0.1, 0.15) is 47.1 Å². The summed E-state index contributed by atoms with van der Waals surface area (Å²) < 4.78 is 15.5. The van der Waals surface area contributed by atoms with Crippen molar-refractivity contribution in [2.45, 2.75) is 52.7 Å². The summed E-state index contributed by atoms with van der Waals surface area (Å²) in [6, 6.07) is 7.37. The highest BCUT2D eigenvalue weighted by atomic mass is 16.8. The molecule has 0 aliphatic heterocycles. The zero-order valence-corrected chi connectivity index (χ0v) is 17.1. The number of nitrogens with zero attached hydrogens (tertiary/aromatic N) is 1. The summed E-state index contributed by atoms with van der Waals surface area (Å²) >= 11 is 0. The van der Waals surface area contributed by atoms with E-state index in [1.807, 2.05) is 24.3 Å². The van der Waals surface area contributed by atoms with Gasteiger partial charge in [0, 0.05) is 0 Å². The van der Waals surface area contributed by atoms with Crippen LogP contribution in [0.5, 0.6) is 5.75 Å². The molecule has 0 spiro atoms. The Balaban J connectivity index is 2.81. The molecule has 1 aromatic carbocycles. The van der Waals surface area contributed by atoms with Crippen LogP contribution >= 0.6 is 0 Å². The summed E-state index contributed by atoms with van der Waals surface area (Å²) in [7, 11) is 1.59. The lowest BCUT2D eigenvalue weighted by Gasteiger charge is -2.26. The minimum absolute atomic E-state index is 0.000184. The van der Waals surface area contributed by atoms with Crippen LogP contribution in [0.2, 0.25) is 0 Å². The molecule has 0 aliphatic rings. The van der Waals surface area contributed by atoms with Gasteiger partial charge in [-0.3, -0.25) is 4.84 Å². The van der Waals surface area contributed by atoms with E-state index in [0.717, 1.165) is 16.4 Å². The molecule has 0 unspecified atom stereocenters. The Morgan fingerprint density at radius 3 is 2.00 bits per heavy atom. The quantitative estimate of drug-likeness (QED) is 0.552. The van der Waals surface area contributed by atoms with Crippen LogP contribution in [0, 0.1) is 0 Å². The topological polar surface area (TPSA) is 74.3 Å². The molecule has 0 atom stereocenters. The predicted octanol–water partition coefficient (Wildman–Crippen LogP) is 4.81. The zero-order chi connectivity index (χ0) is 20.7. The maximum absolute atomic E-state index is 12.3. The van der Waals surface area contributed by atoms with Crippen LogP contribution in [0.25, 0.3) is 6.08 Å². The number of ether oxygens (including phenoxy) is 3. The molecular weight excluding hydrogens is 350 g/mol. The van der Waals surface area contributed by atoms with Gasteiger partial charge in [0.25, 0.3) is 0 Å². The first-order chi connectivity index (χ1) is 12.4. The highest BCUT2D eigenvalue weighted by Crippen LogP contribution is 2.15. The van der Waals surface area contributed by atoms with Gasteiger partial charge in [0.1, 0.15) is 17.0 Å². The Morgan fingerprint density at radius 1 is 0.963 bits per heavy atom. The third-order valence-corrected chi connectivity index (χ3v) is 2.87. The van der Waals surface area contributed by atoms with Crippen LogP contribution in [0.15, 0.2) is 30.3 Å². The van der Waals surface area contributed by atoms with E-state index in [0.29, 0.717) is 0 Å². The monoisotopic (exact) mass is 379 g/mol. The molecule has 1 rings (SSSR count). The molecule has 0 radical (unpaired) electrons. The number of carbonyl (C=O) groups is 2. The maximum Gasteiger partial charge on any atom is 0.534 e. The van der Waals surface area contributed by atoms with E-state index in [9.17, 15) is 9.59 Å². The second-order valence-corrected chi connectivity index (χ2v) is 7.77. The van der Waals surface area contributed by atoms with Crippen molar-refractivity contribution in [1.82, 2.24) is 5.06 Å². The van der Waals surface area contributed by atoms with Gasteiger partial charge in [-0.05, 0) is 59.2 Å². The molecule has 1 amide bonds. The van der Waals surface area contributed by atoms with Crippen LogP contribution in [0.4, 0.5) is 9.59 Å². The molecule has 27 heavy (non-hydrogen) atoms. The van der Waals surface area contributed by atoms with Gasteiger partial charge in [-0.2, -0.15) is 0 Å². The largest absolute Gasteiger partial charge is 0.534 e. The van der Waals surface area contributed by atoms with E-state index in [-0.39, 0.29) is 6.54 Å². The Morgan fingerprint density at radius 2 is 1.52 bits per heavy atom. The number of carbonyl (C=O) groups excluding carboxylic acids is 2. The Kier molecular flexibility index (Phi) is 7.69. The number of amides is 1. The normalized spacial score (nSPS) is 11.8. The predicted molar refractivity (Wildman–Crippen MR) is 102 cm³/mol. The molecule has 7 nitrogen and oxygen atoms in total. The maximum atomic E-state index is 12.3. The van der Waals surface area contributed by atoms with Crippen LogP contribution in [-0.4, -0.2) is 42.2 Å². The summed E-state index contributed by atoms with van der Waals surface area (Å²) in [4.78, 5) is 29.3. The van der Waals surface area contributed by atoms with Crippen molar-refractivity contribution in [1.29, 1.82) is 0 Å². The lowest BCUT2D eigenvalue weighted by molar-refractivity contribution is -0.130. The number of hydroxylamine groups is 2. The van der Waals surface area contributed by atoms with Crippen LogP contribution in [0.3, 0.4) is 0 Å². The van der Waals surface area contributed by atoms with Gasteiger partial charge in [0.05, 0.1) is 13.7 Å². The number of methoxy groups -OCH3 is 1. The molecule has 0 fully saturated rings. The molecule has 0 saturated carbocycles. The fourth-order valence-corrected chi connectivity index (χ4v) is 1.82. The smallest absolute Gasteiger partial charge is 0.497 e. The van der Waals surface area contributed by atoms with Gasteiger partial charge < -0.3 is 14.2 Å². The average molecular weight is 379 g/mol. The Bertz CT molecular complexity index is 653. The van der Waals surface area contributed by atoms with Crippen molar-refractivity contribution < 1.29 is 28.6 Å². The molecule has 0 heterocycles. The molecule has 0 bridgehead atoms.